The first-order valence-corrected chi connectivity index (χ1v) is 11.3. The summed E-state index contributed by atoms with van der Waals surface area (Å²) in [5.41, 5.74) is 3.10. The van der Waals surface area contributed by atoms with Gasteiger partial charge in [-0.25, -0.2) is 0 Å². The van der Waals surface area contributed by atoms with Crippen molar-refractivity contribution in [3.63, 3.8) is 0 Å². The number of nitriles is 1. The summed E-state index contributed by atoms with van der Waals surface area (Å²) in [4.78, 5) is 15.0. The Hall–Kier alpha value is -3.11. The van der Waals surface area contributed by atoms with Crippen molar-refractivity contribution in [2.24, 2.45) is 0 Å². The number of benzene rings is 2. The number of hydrogen-bond acceptors (Lipinski definition) is 5. The summed E-state index contributed by atoms with van der Waals surface area (Å²) >= 11 is 1.41. The molecule has 0 spiro atoms. The quantitative estimate of drug-likeness (QED) is 0.460. The van der Waals surface area contributed by atoms with Gasteiger partial charge in [0.25, 0.3) is 0 Å². The topological polar surface area (TPSA) is 74.8 Å². The largest absolute Gasteiger partial charge is 0.310 e. The second kappa shape index (κ2) is 10.8. The third kappa shape index (κ3) is 5.74. The molecule has 0 aliphatic heterocycles. The Morgan fingerprint density at radius 1 is 1.16 bits per heavy atom. The van der Waals surface area contributed by atoms with Gasteiger partial charge in [0.05, 0.1) is 17.7 Å². The standard InChI is InChI=1S/C24H27N5OS/c1-4-28-22(17-20-9-6-5-7-10-20)26-27-24(28)31-19(3)23(30)29(16-8-15-25)21-13-11-18(2)12-14-21/h5-7,9-14,19H,4,8,16-17H2,1-3H3. The highest BCUT2D eigenvalue weighted by Crippen LogP contribution is 2.27. The van der Waals surface area contributed by atoms with Crippen LogP contribution in [0.1, 0.15) is 37.2 Å². The number of anilines is 1. The lowest BCUT2D eigenvalue weighted by Crippen LogP contribution is -2.37. The van der Waals surface area contributed by atoms with Crippen molar-refractivity contribution in [3.8, 4) is 6.07 Å². The molecule has 1 atom stereocenters. The van der Waals surface area contributed by atoms with Gasteiger partial charge in [0, 0.05) is 25.2 Å². The van der Waals surface area contributed by atoms with Gasteiger partial charge in [-0.3, -0.25) is 4.79 Å². The SMILES string of the molecule is CCn1c(Cc2ccccc2)nnc1SC(C)C(=O)N(CCC#N)c1ccc(C)cc1. The highest BCUT2D eigenvalue weighted by molar-refractivity contribution is 8.00. The van der Waals surface area contributed by atoms with Crippen LogP contribution < -0.4 is 4.90 Å². The number of carbonyl (C=O) groups is 1. The first-order chi connectivity index (χ1) is 15.0. The molecule has 1 amide bonds. The third-order valence-corrected chi connectivity index (χ3v) is 6.07. The van der Waals surface area contributed by atoms with Crippen molar-refractivity contribution in [1.29, 1.82) is 5.26 Å². The van der Waals surface area contributed by atoms with Crippen LogP contribution in [0.25, 0.3) is 0 Å². The van der Waals surface area contributed by atoms with Crippen LogP contribution >= 0.6 is 11.8 Å². The Balaban J connectivity index is 1.77. The minimum atomic E-state index is -0.362. The van der Waals surface area contributed by atoms with Gasteiger partial charge in [0.2, 0.25) is 5.91 Å². The lowest BCUT2D eigenvalue weighted by atomic mass is 10.1. The molecular weight excluding hydrogens is 406 g/mol. The molecule has 31 heavy (non-hydrogen) atoms. The van der Waals surface area contributed by atoms with E-state index in [1.54, 1.807) is 4.90 Å². The van der Waals surface area contributed by atoms with Crippen molar-refractivity contribution in [2.45, 2.75) is 50.6 Å². The van der Waals surface area contributed by atoms with Gasteiger partial charge in [-0.15, -0.1) is 10.2 Å². The molecule has 160 valence electrons. The van der Waals surface area contributed by atoms with Gasteiger partial charge in [0.1, 0.15) is 5.82 Å². The van der Waals surface area contributed by atoms with Crippen molar-refractivity contribution in [2.75, 3.05) is 11.4 Å². The fourth-order valence-corrected chi connectivity index (χ4v) is 4.31. The minimum absolute atomic E-state index is 0.0423. The molecule has 0 saturated heterocycles. The zero-order valence-corrected chi connectivity index (χ0v) is 19.0. The number of thioether (sulfide) groups is 1. The summed E-state index contributed by atoms with van der Waals surface area (Å²) in [5, 5.41) is 18.2. The molecule has 1 unspecified atom stereocenters. The molecule has 0 bridgehead atoms. The Labute approximate surface area is 187 Å². The van der Waals surface area contributed by atoms with E-state index in [0.29, 0.717) is 13.0 Å². The van der Waals surface area contributed by atoms with Crippen LogP contribution in [0.15, 0.2) is 59.8 Å². The van der Waals surface area contributed by atoms with Crippen LogP contribution in [0.4, 0.5) is 5.69 Å². The molecule has 1 heterocycles. The molecule has 6 nitrogen and oxygen atoms in total. The summed E-state index contributed by atoms with van der Waals surface area (Å²) in [5.74, 6) is 0.843. The van der Waals surface area contributed by atoms with Crippen LogP contribution in [0.3, 0.4) is 0 Å². The van der Waals surface area contributed by atoms with Crippen LogP contribution in [-0.4, -0.2) is 32.5 Å². The predicted octanol–water partition coefficient (Wildman–Crippen LogP) is 4.62. The number of rotatable bonds is 9. The molecule has 3 aromatic rings. The van der Waals surface area contributed by atoms with Gasteiger partial charge in [-0.05, 0) is 38.5 Å². The first-order valence-electron chi connectivity index (χ1n) is 10.4. The first kappa shape index (κ1) is 22.6. The van der Waals surface area contributed by atoms with E-state index in [-0.39, 0.29) is 17.6 Å². The van der Waals surface area contributed by atoms with Crippen molar-refractivity contribution in [3.05, 3.63) is 71.5 Å². The Bertz CT molecular complexity index is 1040. The molecule has 1 aromatic heterocycles. The number of hydrogen-bond donors (Lipinski definition) is 0. The average Bonchev–Trinajstić information content (AvgIpc) is 3.16. The normalized spacial score (nSPS) is 11.7. The summed E-state index contributed by atoms with van der Waals surface area (Å²) < 4.78 is 2.06. The van der Waals surface area contributed by atoms with Gasteiger partial charge in [-0.1, -0.05) is 59.8 Å². The average molecular weight is 434 g/mol. The van der Waals surface area contributed by atoms with Crippen molar-refractivity contribution in [1.82, 2.24) is 14.8 Å². The monoisotopic (exact) mass is 433 g/mol. The highest BCUT2D eigenvalue weighted by Gasteiger charge is 2.25. The van der Waals surface area contributed by atoms with Crippen LogP contribution in [-0.2, 0) is 17.8 Å². The Morgan fingerprint density at radius 2 is 1.87 bits per heavy atom. The van der Waals surface area contributed by atoms with E-state index in [2.05, 4.69) is 39.9 Å². The van der Waals surface area contributed by atoms with Gasteiger partial charge < -0.3 is 9.47 Å². The maximum absolute atomic E-state index is 13.3. The number of aromatic nitrogens is 3. The zero-order chi connectivity index (χ0) is 22.2. The molecule has 0 aliphatic rings. The maximum Gasteiger partial charge on any atom is 0.240 e. The molecular formula is C24H27N5OS. The fourth-order valence-electron chi connectivity index (χ4n) is 3.31. The molecule has 0 aliphatic carbocycles. The van der Waals surface area contributed by atoms with E-state index >= 15 is 0 Å². The van der Waals surface area contributed by atoms with E-state index in [9.17, 15) is 4.79 Å². The van der Waals surface area contributed by atoms with E-state index in [0.717, 1.165) is 28.8 Å². The smallest absolute Gasteiger partial charge is 0.240 e. The number of amides is 1. The van der Waals surface area contributed by atoms with Crippen LogP contribution in [0, 0.1) is 18.3 Å². The van der Waals surface area contributed by atoms with E-state index < -0.39 is 0 Å². The van der Waals surface area contributed by atoms with E-state index in [1.807, 2.05) is 56.3 Å². The number of aryl methyl sites for hydroxylation is 1. The van der Waals surface area contributed by atoms with Gasteiger partial charge in [0.15, 0.2) is 5.16 Å². The van der Waals surface area contributed by atoms with Crippen LogP contribution in [0.5, 0.6) is 0 Å². The zero-order valence-electron chi connectivity index (χ0n) is 18.2. The van der Waals surface area contributed by atoms with Gasteiger partial charge in [-0.2, -0.15) is 5.26 Å². The summed E-state index contributed by atoms with van der Waals surface area (Å²) in [6.45, 7) is 7.04. The summed E-state index contributed by atoms with van der Waals surface area (Å²) in [6, 6.07) is 20.1. The van der Waals surface area contributed by atoms with Crippen LogP contribution in [0.2, 0.25) is 0 Å². The molecule has 0 radical (unpaired) electrons. The van der Waals surface area contributed by atoms with Gasteiger partial charge >= 0.3 is 0 Å². The maximum atomic E-state index is 13.3. The number of carbonyl (C=O) groups excluding carboxylic acids is 1. The second-order valence-electron chi connectivity index (χ2n) is 7.30. The Morgan fingerprint density at radius 3 is 2.52 bits per heavy atom. The second-order valence-corrected chi connectivity index (χ2v) is 8.61. The third-order valence-electron chi connectivity index (χ3n) is 5.00. The molecule has 0 N–H and O–H groups in total. The molecule has 3 rings (SSSR count). The summed E-state index contributed by atoms with van der Waals surface area (Å²) in [7, 11) is 0. The number of nitrogens with zero attached hydrogens (tertiary/aromatic N) is 5. The van der Waals surface area contributed by atoms with Crippen molar-refractivity contribution < 1.29 is 4.79 Å². The molecule has 2 aromatic carbocycles. The summed E-state index contributed by atoms with van der Waals surface area (Å²) in [6.07, 6.45) is 0.978. The predicted molar refractivity (Wildman–Crippen MR) is 124 cm³/mol. The fraction of sp³-hybridized carbons (Fsp3) is 0.333. The Kier molecular flexibility index (Phi) is 7.85. The lowest BCUT2D eigenvalue weighted by Gasteiger charge is -2.25. The highest BCUT2D eigenvalue weighted by atomic mass is 32.2. The van der Waals surface area contributed by atoms with Crippen molar-refractivity contribution >= 4 is 23.4 Å². The lowest BCUT2D eigenvalue weighted by molar-refractivity contribution is -0.117. The minimum Gasteiger partial charge on any atom is -0.310 e. The molecule has 0 fully saturated rings. The molecule has 7 heteroatoms. The molecule has 0 saturated carbocycles. The van der Waals surface area contributed by atoms with E-state index in [1.165, 1.54) is 17.3 Å². The van der Waals surface area contributed by atoms with E-state index in [4.69, 9.17) is 5.26 Å².